The van der Waals surface area contributed by atoms with Gasteiger partial charge in [-0.15, -0.1) is 0 Å². The number of aliphatic hydroxyl groups is 5. The van der Waals surface area contributed by atoms with Crippen molar-refractivity contribution in [3.63, 3.8) is 0 Å². The van der Waals surface area contributed by atoms with Crippen LogP contribution in [-0.2, 0) is 23.4 Å². The van der Waals surface area contributed by atoms with E-state index in [0.717, 1.165) is 64.8 Å². The van der Waals surface area contributed by atoms with Crippen LogP contribution < -0.4 is 15.4 Å². The van der Waals surface area contributed by atoms with E-state index in [1.54, 1.807) is 6.92 Å². The molecule has 272 valence electrons. The highest BCUT2D eigenvalue weighted by atomic mass is 35.5. The molecule has 0 bridgehead atoms. The van der Waals surface area contributed by atoms with Gasteiger partial charge in [-0.2, -0.15) is 0 Å². The lowest BCUT2D eigenvalue weighted by molar-refractivity contribution is -0.121. The number of rotatable bonds is 19. The number of urea groups is 1. The summed E-state index contributed by atoms with van der Waals surface area (Å²) in [6.07, 6.45) is 3.42. The van der Waals surface area contributed by atoms with Crippen molar-refractivity contribution in [2.75, 3.05) is 13.2 Å². The van der Waals surface area contributed by atoms with Crippen molar-refractivity contribution in [2.45, 2.75) is 114 Å². The van der Waals surface area contributed by atoms with E-state index in [9.17, 15) is 25.2 Å². The van der Waals surface area contributed by atoms with Gasteiger partial charge in [0, 0.05) is 35.1 Å². The lowest BCUT2D eigenvalue weighted by Crippen LogP contribution is -2.56. The maximum atomic E-state index is 12.2. The third-order valence-electron chi connectivity index (χ3n) is 9.58. The van der Waals surface area contributed by atoms with E-state index in [1.165, 1.54) is 0 Å². The predicted molar refractivity (Wildman–Crippen MR) is 190 cm³/mol. The number of nitrogens with one attached hydrogen (secondary N) is 2. The van der Waals surface area contributed by atoms with Crippen LogP contribution in [0.4, 0.5) is 4.79 Å². The maximum absolute atomic E-state index is 12.2. The van der Waals surface area contributed by atoms with Crippen LogP contribution >= 0.6 is 11.6 Å². The zero-order valence-electron chi connectivity index (χ0n) is 28.7. The van der Waals surface area contributed by atoms with Crippen LogP contribution in [0.25, 0.3) is 11.1 Å². The van der Waals surface area contributed by atoms with E-state index in [4.69, 9.17) is 26.2 Å². The molecule has 11 nitrogen and oxygen atoms in total. The van der Waals surface area contributed by atoms with Gasteiger partial charge in [-0.05, 0) is 99.2 Å². The summed E-state index contributed by atoms with van der Waals surface area (Å²) in [6, 6.07) is 12.8. The second kappa shape index (κ2) is 17.3. The fraction of sp³-hybridized carbons (Fsp3) is 0.526. The number of nitrogens with zero attached hydrogens (tertiary/aromatic N) is 1. The third-order valence-corrected chi connectivity index (χ3v) is 9.93. The molecule has 0 radical (unpaired) electrons. The Morgan fingerprint density at radius 3 is 2.48 bits per heavy atom. The number of hydrogen-bond acceptors (Lipinski definition) is 9. The van der Waals surface area contributed by atoms with Gasteiger partial charge in [-0.3, -0.25) is 4.98 Å². The minimum atomic E-state index is -1.79. The molecule has 1 aromatic heterocycles. The lowest BCUT2D eigenvalue weighted by Gasteiger charge is -2.31. The number of pyridine rings is 1. The Kier molecular flexibility index (Phi) is 13.1. The summed E-state index contributed by atoms with van der Waals surface area (Å²) in [5.74, 6) is 0.881. The molecule has 3 aromatic rings. The number of unbranched alkanes of at least 4 members (excludes halogenated alkanes) is 1. The first-order valence-electron chi connectivity index (χ1n) is 17.6. The first-order valence-corrected chi connectivity index (χ1v) is 17.9. The zero-order valence-corrected chi connectivity index (χ0v) is 29.5. The molecule has 5 rings (SSSR count). The van der Waals surface area contributed by atoms with Crippen LogP contribution in [0.2, 0.25) is 5.02 Å². The van der Waals surface area contributed by atoms with Gasteiger partial charge in [0.1, 0.15) is 30.2 Å². The van der Waals surface area contributed by atoms with Gasteiger partial charge < -0.3 is 45.6 Å². The largest absolute Gasteiger partial charge is 0.490 e. The standard InChI is InChI=1S/C38H50ClN3O8/c1-3-41-37(48)42-31(34(45)36(47)35(46)32(44)21-43)10-6-4-8-24-19-30(39)25(18-23(24)2)22-49-38(15-16-38)29-20-40-17-14-27(29)28-9-5-7-11-33(28)50-26-12-13-26/h5,7,9,11,14,17-20,26,31-32,34-36,43-47H,3-4,6,8,10,12-13,15-16,21-22H2,1-2H3,(H2,41,42,48)/t31?,32-,34+,35-,36-/m1/s1. The second-order valence-corrected chi connectivity index (χ2v) is 13.9. The molecule has 2 amide bonds. The molecule has 7 N–H and O–H groups in total. The number of hydrogen-bond donors (Lipinski definition) is 7. The van der Waals surface area contributed by atoms with Crippen LogP contribution in [0, 0.1) is 6.92 Å². The summed E-state index contributed by atoms with van der Waals surface area (Å²) >= 11 is 6.81. The smallest absolute Gasteiger partial charge is 0.315 e. The Morgan fingerprint density at radius 1 is 1.02 bits per heavy atom. The van der Waals surface area contributed by atoms with Crippen molar-refractivity contribution in [2.24, 2.45) is 0 Å². The summed E-state index contributed by atoms with van der Waals surface area (Å²) in [6.45, 7) is 3.70. The molecule has 2 aliphatic rings. The van der Waals surface area contributed by atoms with Crippen LogP contribution in [0.15, 0.2) is 54.9 Å². The molecule has 0 spiro atoms. The van der Waals surface area contributed by atoms with Crippen LogP contribution in [-0.4, -0.2) is 86.3 Å². The first kappa shape index (κ1) is 38.0. The van der Waals surface area contributed by atoms with Gasteiger partial charge in [-0.1, -0.05) is 42.3 Å². The number of ether oxygens (including phenoxy) is 2. The highest BCUT2D eigenvalue weighted by Crippen LogP contribution is 2.53. The van der Waals surface area contributed by atoms with E-state index in [1.807, 2.05) is 49.6 Å². The fourth-order valence-electron chi connectivity index (χ4n) is 6.30. The minimum Gasteiger partial charge on any atom is -0.490 e. The SMILES string of the molecule is CCNC(=O)NC(CCCCc1cc(Cl)c(COC2(c3cnccc3-c3ccccc3OC3CC3)CC2)cc1C)[C@H](O)[C@@H](O)[C@H](O)[C@H](O)CO. The average molecular weight is 712 g/mol. The fourth-order valence-corrected chi connectivity index (χ4v) is 6.54. The highest BCUT2D eigenvalue weighted by Gasteiger charge is 2.48. The van der Waals surface area contributed by atoms with E-state index < -0.39 is 48.7 Å². The minimum absolute atomic E-state index is 0.286. The Bertz CT molecular complexity index is 1580. The number of carbonyl (C=O) groups excluding carboxylic acids is 1. The zero-order chi connectivity index (χ0) is 35.8. The molecule has 2 saturated carbocycles. The number of para-hydroxylation sites is 1. The quantitative estimate of drug-likeness (QED) is 0.0896. The molecule has 2 aromatic carbocycles. The lowest BCUT2D eigenvalue weighted by atomic mass is 9.93. The molecule has 1 heterocycles. The number of aromatic nitrogens is 1. The average Bonchev–Trinajstić information content (AvgIpc) is 4.07. The Balaban J connectivity index is 1.20. The van der Waals surface area contributed by atoms with Crippen molar-refractivity contribution in [1.29, 1.82) is 0 Å². The molecule has 2 fully saturated rings. The number of halogens is 1. The van der Waals surface area contributed by atoms with Gasteiger partial charge in [0.05, 0.1) is 31.0 Å². The van der Waals surface area contributed by atoms with Gasteiger partial charge >= 0.3 is 6.03 Å². The number of aryl methyl sites for hydroxylation is 2. The molecule has 5 atom stereocenters. The molecule has 2 aliphatic carbocycles. The third kappa shape index (κ3) is 9.52. The van der Waals surface area contributed by atoms with Crippen molar-refractivity contribution >= 4 is 17.6 Å². The van der Waals surface area contributed by atoms with Gasteiger partial charge in [0.15, 0.2) is 0 Å². The summed E-state index contributed by atoms with van der Waals surface area (Å²) in [4.78, 5) is 16.7. The van der Waals surface area contributed by atoms with Crippen LogP contribution in [0.1, 0.15) is 74.1 Å². The van der Waals surface area contributed by atoms with E-state index in [0.29, 0.717) is 43.9 Å². The van der Waals surface area contributed by atoms with Gasteiger partial charge in [0.2, 0.25) is 0 Å². The maximum Gasteiger partial charge on any atom is 0.315 e. The van der Waals surface area contributed by atoms with E-state index in [-0.39, 0.29) is 6.10 Å². The molecule has 0 saturated heterocycles. The normalized spacial score (nSPS) is 18.1. The van der Waals surface area contributed by atoms with Crippen LogP contribution in [0.3, 0.4) is 0 Å². The van der Waals surface area contributed by atoms with Crippen molar-refractivity contribution in [1.82, 2.24) is 15.6 Å². The molecule has 0 aliphatic heterocycles. The summed E-state index contributed by atoms with van der Waals surface area (Å²) < 4.78 is 12.9. The monoisotopic (exact) mass is 711 g/mol. The van der Waals surface area contributed by atoms with Crippen molar-refractivity contribution in [3.8, 4) is 16.9 Å². The van der Waals surface area contributed by atoms with E-state index in [2.05, 4.69) is 27.8 Å². The van der Waals surface area contributed by atoms with E-state index >= 15 is 0 Å². The summed E-state index contributed by atoms with van der Waals surface area (Å²) in [5, 5.41) is 56.0. The Labute approximate surface area is 298 Å². The predicted octanol–water partition coefficient (Wildman–Crippen LogP) is 4.29. The molecule has 50 heavy (non-hydrogen) atoms. The second-order valence-electron chi connectivity index (χ2n) is 13.5. The highest BCUT2D eigenvalue weighted by molar-refractivity contribution is 6.31. The van der Waals surface area contributed by atoms with Gasteiger partial charge in [-0.25, -0.2) is 4.79 Å². The van der Waals surface area contributed by atoms with Crippen molar-refractivity contribution < 1.29 is 39.8 Å². The first-order chi connectivity index (χ1) is 24.1. The molecule has 1 unspecified atom stereocenters. The molecular weight excluding hydrogens is 662 g/mol. The number of aliphatic hydroxyl groups excluding tert-OH is 5. The number of benzene rings is 2. The number of carbonyl (C=O) groups is 1. The Hall–Kier alpha value is -3.29. The topological polar surface area (TPSA) is 174 Å². The Morgan fingerprint density at radius 2 is 1.78 bits per heavy atom. The molecular formula is C38H50ClN3O8. The summed E-state index contributed by atoms with van der Waals surface area (Å²) in [5.41, 5.74) is 5.74. The van der Waals surface area contributed by atoms with Gasteiger partial charge in [0.25, 0.3) is 0 Å². The summed E-state index contributed by atoms with van der Waals surface area (Å²) in [7, 11) is 0. The molecule has 12 heteroatoms. The van der Waals surface area contributed by atoms with Crippen LogP contribution in [0.5, 0.6) is 5.75 Å². The number of amides is 2. The van der Waals surface area contributed by atoms with Crippen molar-refractivity contribution in [3.05, 3.63) is 82.1 Å².